The minimum absolute atomic E-state index is 1.19. The van der Waals surface area contributed by atoms with E-state index in [-0.39, 0.29) is 0 Å². The van der Waals surface area contributed by atoms with Crippen LogP contribution < -0.4 is 0 Å². The van der Waals surface area contributed by atoms with Gasteiger partial charge in [0.15, 0.2) is 0 Å². The average molecular weight is 378 g/mol. The molecule has 0 unspecified atom stereocenters. The van der Waals surface area contributed by atoms with E-state index in [0.29, 0.717) is 0 Å². The van der Waals surface area contributed by atoms with Crippen LogP contribution in [0.1, 0.15) is 0 Å². The summed E-state index contributed by atoms with van der Waals surface area (Å²) >= 11 is 0. The standard InChI is InChI=1S/C16H9.C14H9/c1-3-11-7-9-13-5-2-6-14-10-8-12(4-1)15(11)16(13)14;1-3-7-13-11(5-1)9-10-12-6-2-4-8-14(12)13/h1-5,7-10H;1-9H. The summed E-state index contributed by atoms with van der Waals surface area (Å²) in [5, 5.41) is 12.9. The normalized spacial score (nSPS) is 11.3. The van der Waals surface area contributed by atoms with Gasteiger partial charge in [-0.3, -0.25) is 0 Å². The summed E-state index contributed by atoms with van der Waals surface area (Å²) in [7, 11) is 0. The minimum Gasteiger partial charge on any atom is -0.0616 e. The quantitative estimate of drug-likeness (QED) is 0.233. The van der Waals surface area contributed by atoms with E-state index in [0.717, 1.165) is 0 Å². The van der Waals surface area contributed by atoms with E-state index in [1.807, 2.05) is 12.1 Å². The summed E-state index contributed by atoms with van der Waals surface area (Å²) in [6, 6.07) is 44.8. The maximum absolute atomic E-state index is 3.31. The highest BCUT2D eigenvalue weighted by molar-refractivity contribution is 6.22. The molecule has 0 spiro atoms. The van der Waals surface area contributed by atoms with Crippen molar-refractivity contribution in [2.75, 3.05) is 0 Å². The van der Waals surface area contributed by atoms with Gasteiger partial charge in [0.1, 0.15) is 0 Å². The van der Waals surface area contributed by atoms with Crippen molar-refractivity contribution < 1.29 is 0 Å². The molecule has 0 aromatic heterocycles. The van der Waals surface area contributed by atoms with Crippen molar-refractivity contribution in [1.82, 2.24) is 0 Å². The molecule has 0 N–H and O–H groups in total. The molecule has 0 aliphatic heterocycles. The van der Waals surface area contributed by atoms with Crippen LogP contribution in [0.4, 0.5) is 0 Å². The van der Waals surface area contributed by atoms with Gasteiger partial charge in [0, 0.05) is 0 Å². The molecule has 7 aromatic carbocycles. The van der Waals surface area contributed by atoms with Crippen molar-refractivity contribution in [3.63, 3.8) is 0 Å². The van der Waals surface area contributed by atoms with Gasteiger partial charge in [0.25, 0.3) is 0 Å². The van der Waals surface area contributed by atoms with Crippen molar-refractivity contribution in [3.8, 4) is 0 Å². The van der Waals surface area contributed by atoms with E-state index in [1.165, 1.54) is 53.9 Å². The Labute approximate surface area is 175 Å². The molecule has 0 bridgehead atoms. The molecule has 0 saturated carbocycles. The molecule has 138 valence electrons. The monoisotopic (exact) mass is 378 g/mol. The Morgan fingerprint density at radius 3 is 1.93 bits per heavy atom. The smallest absolute Gasteiger partial charge is 0.00206 e. The number of hydrogen-bond acceptors (Lipinski definition) is 0. The van der Waals surface area contributed by atoms with Crippen molar-refractivity contribution in [2.24, 2.45) is 0 Å². The highest BCUT2D eigenvalue weighted by Crippen LogP contribution is 2.33. The first-order chi connectivity index (χ1) is 14.9. The summed E-state index contributed by atoms with van der Waals surface area (Å²) in [6.45, 7) is 0. The van der Waals surface area contributed by atoms with E-state index >= 15 is 0 Å². The molecule has 0 heterocycles. The Morgan fingerprint density at radius 2 is 1.07 bits per heavy atom. The van der Waals surface area contributed by atoms with E-state index in [9.17, 15) is 0 Å². The average Bonchev–Trinajstić information content (AvgIpc) is 2.83. The number of fused-ring (bicyclic) bond motifs is 3. The Morgan fingerprint density at radius 1 is 0.400 bits per heavy atom. The molecule has 0 aliphatic carbocycles. The highest BCUT2D eigenvalue weighted by Gasteiger charge is 2.06. The van der Waals surface area contributed by atoms with Gasteiger partial charge in [0.2, 0.25) is 0 Å². The second-order valence-corrected chi connectivity index (χ2v) is 7.62. The molecule has 0 heteroatoms. The van der Waals surface area contributed by atoms with Crippen LogP contribution in [0.2, 0.25) is 0 Å². The molecule has 2 radical (unpaired) electrons. The fraction of sp³-hybridized carbons (Fsp3) is 0. The number of hydrogen-bond donors (Lipinski definition) is 0. The first-order valence-corrected chi connectivity index (χ1v) is 10.2. The third-order valence-corrected chi connectivity index (χ3v) is 5.87. The lowest BCUT2D eigenvalue weighted by Crippen LogP contribution is -1.82. The maximum Gasteiger partial charge on any atom is -0.00206 e. The topological polar surface area (TPSA) is 0 Å². The highest BCUT2D eigenvalue weighted by atomic mass is 14.1. The molecular weight excluding hydrogens is 360 g/mol. The van der Waals surface area contributed by atoms with E-state index in [4.69, 9.17) is 0 Å². The summed E-state index contributed by atoms with van der Waals surface area (Å²) < 4.78 is 0. The van der Waals surface area contributed by atoms with E-state index < -0.39 is 0 Å². The van der Waals surface area contributed by atoms with Crippen LogP contribution >= 0.6 is 0 Å². The molecule has 0 saturated heterocycles. The molecule has 30 heavy (non-hydrogen) atoms. The lowest BCUT2D eigenvalue weighted by Gasteiger charge is -2.09. The summed E-state index contributed by atoms with van der Waals surface area (Å²) in [5.41, 5.74) is 0. The Kier molecular flexibility index (Phi) is 3.89. The van der Waals surface area contributed by atoms with Crippen LogP contribution in [-0.4, -0.2) is 0 Å². The molecule has 0 atom stereocenters. The molecule has 7 aromatic rings. The van der Waals surface area contributed by atoms with Gasteiger partial charge in [-0.1, -0.05) is 103 Å². The fourth-order valence-electron chi connectivity index (χ4n) is 4.46. The van der Waals surface area contributed by atoms with Gasteiger partial charge in [0.05, 0.1) is 0 Å². The number of benzene rings is 7. The lowest BCUT2D eigenvalue weighted by molar-refractivity contribution is 1.76. The van der Waals surface area contributed by atoms with Gasteiger partial charge >= 0.3 is 0 Å². The predicted octanol–water partition coefficient (Wildman–Crippen LogP) is 8.18. The molecule has 0 fully saturated rings. The fourth-order valence-corrected chi connectivity index (χ4v) is 4.46. The Bertz CT molecular complexity index is 1450. The van der Waals surface area contributed by atoms with Gasteiger partial charge < -0.3 is 0 Å². The first kappa shape index (κ1) is 17.0. The third kappa shape index (κ3) is 2.69. The predicted molar refractivity (Wildman–Crippen MR) is 129 cm³/mol. The number of rotatable bonds is 0. The molecule has 0 amide bonds. The van der Waals surface area contributed by atoms with Gasteiger partial charge in [-0.2, -0.15) is 0 Å². The first-order valence-electron chi connectivity index (χ1n) is 10.2. The molecule has 0 aliphatic rings. The van der Waals surface area contributed by atoms with Crippen LogP contribution in [-0.2, 0) is 0 Å². The zero-order valence-corrected chi connectivity index (χ0v) is 16.4. The van der Waals surface area contributed by atoms with Gasteiger partial charge in [-0.15, -0.1) is 0 Å². The van der Waals surface area contributed by atoms with Crippen molar-refractivity contribution >= 4 is 53.9 Å². The maximum atomic E-state index is 3.31. The van der Waals surface area contributed by atoms with Crippen LogP contribution in [0.15, 0.2) is 109 Å². The second kappa shape index (κ2) is 6.86. The van der Waals surface area contributed by atoms with Crippen LogP contribution in [0.5, 0.6) is 0 Å². The third-order valence-electron chi connectivity index (χ3n) is 5.87. The van der Waals surface area contributed by atoms with E-state index in [2.05, 4.69) is 109 Å². The summed E-state index contributed by atoms with van der Waals surface area (Å²) in [5.74, 6) is 0. The Balaban J connectivity index is 0.000000118. The van der Waals surface area contributed by atoms with Gasteiger partial charge in [-0.25, -0.2) is 0 Å². The zero-order valence-electron chi connectivity index (χ0n) is 16.4. The molecule has 0 nitrogen and oxygen atoms in total. The summed E-state index contributed by atoms with van der Waals surface area (Å²) in [6.07, 6.45) is 0. The largest absolute Gasteiger partial charge is 0.0616 e. The zero-order chi connectivity index (χ0) is 19.9. The molecule has 7 rings (SSSR count). The van der Waals surface area contributed by atoms with E-state index in [1.54, 1.807) is 0 Å². The summed E-state index contributed by atoms with van der Waals surface area (Å²) in [4.78, 5) is 0. The van der Waals surface area contributed by atoms with Crippen LogP contribution in [0, 0.1) is 12.1 Å². The Hall–Kier alpha value is -3.90. The molecular formula is C30H18. The van der Waals surface area contributed by atoms with Crippen molar-refractivity contribution in [2.45, 2.75) is 0 Å². The van der Waals surface area contributed by atoms with Gasteiger partial charge in [-0.05, 0) is 72.1 Å². The van der Waals surface area contributed by atoms with Crippen LogP contribution in [0.3, 0.4) is 0 Å². The minimum atomic E-state index is 1.19. The van der Waals surface area contributed by atoms with Crippen LogP contribution in [0.25, 0.3) is 53.9 Å². The second-order valence-electron chi connectivity index (χ2n) is 7.62. The van der Waals surface area contributed by atoms with Crippen molar-refractivity contribution in [1.29, 1.82) is 0 Å². The van der Waals surface area contributed by atoms with Crippen molar-refractivity contribution in [3.05, 3.63) is 121 Å². The lowest BCUT2D eigenvalue weighted by atomic mass is 9.95. The SMILES string of the molecule is [c]1cc2ccccc2c2ccccc12.[c]1ccc2ccc3cccc4ccc1c2c43.